The van der Waals surface area contributed by atoms with E-state index in [2.05, 4.69) is 10.4 Å². The predicted octanol–water partition coefficient (Wildman–Crippen LogP) is 6.15. The first kappa shape index (κ1) is 20.3. The minimum atomic E-state index is 0.0540. The average Bonchev–Trinajstić information content (AvgIpc) is 3.01. The monoisotopic (exact) mass is 485 g/mol. The van der Waals surface area contributed by atoms with Crippen molar-refractivity contribution in [2.75, 3.05) is 5.75 Å². The van der Waals surface area contributed by atoms with Crippen molar-refractivity contribution in [1.29, 1.82) is 0 Å². The Labute approximate surface area is 193 Å². The molecule has 0 unspecified atom stereocenters. The van der Waals surface area contributed by atoms with Gasteiger partial charge in [-0.2, -0.15) is 0 Å². The van der Waals surface area contributed by atoms with Gasteiger partial charge in [0.15, 0.2) is 8.29 Å². The maximum Gasteiger partial charge on any atom is 0.230 e. The summed E-state index contributed by atoms with van der Waals surface area (Å²) in [6, 6.07) is 5.30. The smallest absolute Gasteiger partial charge is 0.230 e. The first-order valence-electron chi connectivity index (χ1n) is 9.88. The summed E-state index contributed by atoms with van der Waals surface area (Å²) in [5.41, 5.74) is 0.823. The molecule has 29 heavy (non-hydrogen) atoms. The number of benzene rings is 1. The first-order chi connectivity index (χ1) is 13.9. The number of halogens is 2. The topological polar surface area (TPSA) is 46.9 Å². The van der Waals surface area contributed by atoms with Crippen LogP contribution in [0.15, 0.2) is 22.5 Å². The summed E-state index contributed by atoms with van der Waals surface area (Å²) < 4.78 is 3.07. The van der Waals surface area contributed by atoms with Gasteiger partial charge in [0.25, 0.3) is 0 Å². The van der Waals surface area contributed by atoms with Gasteiger partial charge in [-0.3, -0.25) is 4.79 Å². The molecule has 4 fully saturated rings. The second-order valence-electron chi connectivity index (χ2n) is 8.68. The third kappa shape index (κ3) is 4.13. The van der Waals surface area contributed by atoms with E-state index in [1.165, 1.54) is 61.6 Å². The molecule has 0 saturated heterocycles. The van der Waals surface area contributed by atoms with Crippen LogP contribution < -0.4 is 5.32 Å². The highest BCUT2D eigenvalue weighted by molar-refractivity contribution is 8.01. The van der Waals surface area contributed by atoms with Gasteiger partial charge in [-0.25, -0.2) is 4.68 Å². The highest BCUT2D eigenvalue weighted by atomic mass is 35.5. The molecule has 4 nitrogen and oxygen atoms in total. The minimum absolute atomic E-state index is 0.0540. The summed E-state index contributed by atoms with van der Waals surface area (Å²) >= 11 is 20.4. The molecule has 4 saturated carbocycles. The highest BCUT2D eigenvalue weighted by Crippen LogP contribution is 2.55. The predicted molar refractivity (Wildman–Crippen MR) is 122 cm³/mol. The van der Waals surface area contributed by atoms with Crippen LogP contribution in [-0.4, -0.2) is 27.0 Å². The Balaban J connectivity index is 1.23. The molecule has 6 rings (SSSR count). The summed E-state index contributed by atoms with van der Waals surface area (Å²) in [6.45, 7) is 0. The van der Waals surface area contributed by atoms with Crippen molar-refractivity contribution in [1.82, 2.24) is 15.1 Å². The molecule has 1 aromatic heterocycles. The number of hydrogen-bond acceptors (Lipinski definition) is 5. The van der Waals surface area contributed by atoms with E-state index in [1.54, 1.807) is 16.8 Å². The van der Waals surface area contributed by atoms with E-state index in [9.17, 15) is 4.79 Å². The number of aromatic nitrogens is 2. The van der Waals surface area contributed by atoms with E-state index in [0.717, 1.165) is 27.8 Å². The number of carbonyl (C=O) groups excluding carboxylic acids is 1. The van der Waals surface area contributed by atoms with Gasteiger partial charge >= 0.3 is 0 Å². The van der Waals surface area contributed by atoms with Gasteiger partial charge in [-0.15, -0.1) is 5.10 Å². The van der Waals surface area contributed by atoms with E-state index in [-0.39, 0.29) is 11.4 Å². The fourth-order valence-electron chi connectivity index (χ4n) is 5.82. The molecule has 1 N–H and O–H groups in total. The van der Waals surface area contributed by atoms with E-state index >= 15 is 0 Å². The van der Waals surface area contributed by atoms with E-state index in [4.69, 9.17) is 35.4 Å². The zero-order valence-electron chi connectivity index (χ0n) is 15.7. The van der Waals surface area contributed by atoms with Crippen LogP contribution in [0.25, 0.3) is 5.69 Å². The Hall–Kier alpha value is -0.600. The standard InChI is InChI=1S/C20H21Cl2N3OS3/c21-15-2-1-14(6-16(15)22)25-19(27)29-18(24-25)28-10-17(26)23-20-7-11-3-12(8-20)5-13(4-11)9-20/h1-2,6,11-13H,3-5,7-10H2,(H,23,26). The second-order valence-corrected chi connectivity index (χ2v) is 12.3. The largest absolute Gasteiger partial charge is 0.350 e. The van der Waals surface area contributed by atoms with Gasteiger partial charge in [-0.1, -0.05) is 46.3 Å². The summed E-state index contributed by atoms with van der Waals surface area (Å²) in [5, 5.41) is 8.93. The Bertz CT molecular complexity index is 983. The zero-order valence-corrected chi connectivity index (χ0v) is 19.7. The van der Waals surface area contributed by atoms with Crippen molar-refractivity contribution in [3.05, 3.63) is 32.2 Å². The van der Waals surface area contributed by atoms with Crippen LogP contribution in [0.5, 0.6) is 0 Å². The van der Waals surface area contributed by atoms with Crippen LogP contribution in [0.3, 0.4) is 0 Å². The minimum Gasteiger partial charge on any atom is -0.350 e. The maximum absolute atomic E-state index is 12.7. The summed E-state index contributed by atoms with van der Waals surface area (Å²) in [5.74, 6) is 2.94. The molecule has 1 heterocycles. The fourth-order valence-corrected chi connectivity index (χ4v) is 8.28. The van der Waals surface area contributed by atoms with Crippen molar-refractivity contribution >= 4 is 64.4 Å². The van der Waals surface area contributed by atoms with Crippen molar-refractivity contribution < 1.29 is 4.79 Å². The number of thioether (sulfide) groups is 1. The summed E-state index contributed by atoms with van der Waals surface area (Å²) in [7, 11) is 0. The van der Waals surface area contributed by atoms with Crippen LogP contribution in [-0.2, 0) is 4.79 Å². The Morgan fingerprint density at radius 1 is 1.21 bits per heavy atom. The first-order valence-corrected chi connectivity index (χ1v) is 12.9. The van der Waals surface area contributed by atoms with E-state index in [0.29, 0.717) is 19.8 Å². The number of amides is 1. The molecule has 2 aromatic rings. The third-order valence-electron chi connectivity index (χ3n) is 6.45. The molecule has 4 aliphatic carbocycles. The molecule has 154 valence electrons. The summed E-state index contributed by atoms with van der Waals surface area (Å²) in [6.07, 6.45) is 7.62. The molecular formula is C20H21Cl2N3OS3. The number of rotatable bonds is 5. The molecule has 0 atom stereocenters. The van der Waals surface area contributed by atoms with Crippen LogP contribution in [0.4, 0.5) is 0 Å². The van der Waals surface area contributed by atoms with Crippen molar-refractivity contribution in [2.45, 2.75) is 48.4 Å². The number of nitrogens with zero attached hydrogens (tertiary/aromatic N) is 2. The van der Waals surface area contributed by atoms with E-state index < -0.39 is 0 Å². The molecule has 0 aliphatic heterocycles. The molecule has 1 aromatic carbocycles. The van der Waals surface area contributed by atoms with Gasteiger partial charge in [0, 0.05) is 5.54 Å². The quantitative estimate of drug-likeness (QED) is 0.407. The normalized spacial score (nSPS) is 29.9. The lowest BCUT2D eigenvalue weighted by Gasteiger charge is -2.56. The van der Waals surface area contributed by atoms with Gasteiger partial charge in [0.2, 0.25) is 5.91 Å². The van der Waals surface area contributed by atoms with Crippen LogP contribution in [0.1, 0.15) is 38.5 Å². The molecule has 4 bridgehead atoms. The van der Waals surface area contributed by atoms with Gasteiger partial charge in [0.05, 0.1) is 21.5 Å². The number of carbonyl (C=O) groups is 1. The molecule has 0 radical (unpaired) electrons. The molecule has 4 aliphatic rings. The Kier molecular flexibility index (Phi) is 5.48. The molecule has 1 amide bonds. The Morgan fingerprint density at radius 2 is 1.86 bits per heavy atom. The third-order valence-corrected chi connectivity index (χ3v) is 9.55. The Morgan fingerprint density at radius 3 is 2.48 bits per heavy atom. The lowest BCUT2D eigenvalue weighted by molar-refractivity contribution is -0.124. The van der Waals surface area contributed by atoms with Crippen LogP contribution in [0, 0.1) is 21.7 Å². The van der Waals surface area contributed by atoms with Crippen LogP contribution in [0.2, 0.25) is 10.0 Å². The molecule has 0 spiro atoms. The molecular weight excluding hydrogens is 465 g/mol. The lowest BCUT2D eigenvalue weighted by Crippen LogP contribution is -2.60. The lowest BCUT2D eigenvalue weighted by atomic mass is 9.53. The van der Waals surface area contributed by atoms with Crippen molar-refractivity contribution in [3.63, 3.8) is 0 Å². The molecule has 9 heteroatoms. The van der Waals surface area contributed by atoms with Gasteiger partial charge < -0.3 is 5.32 Å². The second kappa shape index (κ2) is 7.83. The van der Waals surface area contributed by atoms with E-state index in [1.807, 2.05) is 6.07 Å². The maximum atomic E-state index is 12.7. The van der Waals surface area contributed by atoms with Crippen molar-refractivity contribution in [3.8, 4) is 5.69 Å². The average molecular weight is 487 g/mol. The SMILES string of the molecule is O=C(CSc1nn(-c2ccc(Cl)c(Cl)c2)c(=S)s1)NC12CC3CC(CC(C3)C1)C2. The number of hydrogen-bond donors (Lipinski definition) is 1. The summed E-state index contributed by atoms with van der Waals surface area (Å²) in [4.78, 5) is 12.7. The van der Waals surface area contributed by atoms with Gasteiger partial charge in [-0.05, 0) is 86.7 Å². The number of nitrogens with one attached hydrogen (secondary N) is 1. The van der Waals surface area contributed by atoms with Crippen molar-refractivity contribution in [2.24, 2.45) is 17.8 Å². The fraction of sp³-hybridized carbons (Fsp3) is 0.550. The van der Waals surface area contributed by atoms with Crippen LogP contribution >= 0.6 is 58.5 Å². The highest BCUT2D eigenvalue weighted by Gasteiger charge is 2.51. The van der Waals surface area contributed by atoms with Gasteiger partial charge in [0.1, 0.15) is 0 Å². The zero-order chi connectivity index (χ0) is 20.2.